The number of hydrogen-bond donors (Lipinski definition) is 1. The van der Waals surface area contributed by atoms with Crippen molar-refractivity contribution in [1.82, 2.24) is 10.3 Å². The Morgan fingerprint density at radius 3 is 2.90 bits per heavy atom. The molecule has 1 aromatic rings. The van der Waals surface area contributed by atoms with Crippen molar-refractivity contribution in [2.75, 3.05) is 31.7 Å². The second-order valence-electron chi connectivity index (χ2n) is 5.67. The van der Waals surface area contributed by atoms with Gasteiger partial charge in [-0.15, -0.1) is 0 Å². The summed E-state index contributed by atoms with van der Waals surface area (Å²) >= 11 is 0. The molecular formula is C16H23N3O. The maximum absolute atomic E-state index is 5.18. The predicted molar refractivity (Wildman–Crippen MR) is 80.9 cm³/mol. The lowest BCUT2D eigenvalue weighted by molar-refractivity contribution is 0.222. The van der Waals surface area contributed by atoms with E-state index in [9.17, 15) is 0 Å². The van der Waals surface area contributed by atoms with E-state index in [2.05, 4.69) is 33.4 Å². The van der Waals surface area contributed by atoms with E-state index < -0.39 is 0 Å². The average Bonchev–Trinajstić information content (AvgIpc) is 3.31. The number of aromatic nitrogens is 1. The Morgan fingerprint density at radius 2 is 2.30 bits per heavy atom. The molecule has 2 aliphatic rings. The molecule has 0 spiro atoms. The van der Waals surface area contributed by atoms with E-state index in [1.807, 2.05) is 6.20 Å². The van der Waals surface area contributed by atoms with Crippen molar-refractivity contribution < 1.29 is 4.74 Å². The zero-order valence-corrected chi connectivity index (χ0v) is 12.1. The number of hydrogen-bond acceptors (Lipinski definition) is 4. The quantitative estimate of drug-likeness (QED) is 0.806. The van der Waals surface area contributed by atoms with E-state index in [-0.39, 0.29) is 0 Å². The summed E-state index contributed by atoms with van der Waals surface area (Å²) in [5.41, 5.74) is 2.67. The molecule has 0 unspecified atom stereocenters. The minimum absolute atomic E-state index is 0.751. The zero-order valence-electron chi connectivity index (χ0n) is 12.1. The summed E-state index contributed by atoms with van der Waals surface area (Å²) in [6, 6.07) is 5.08. The molecule has 0 amide bonds. The van der Waals surface area contributed by atoms with Crippen LogP contribution in [-0.2, 0) is 11.3 Å². The van der Waals surface area contributed by atoms with Crippen LogP contribution in [0, 0.1) is 0 Å². The van der Waals surface area contributed by atoms with Crippen LogP contribution in [0.4, 0.5) is 5.82 Å². The minimum Gasteiger partial charge on any atom is -0.380 e. The van der Waals surface area contributed by atoms with Crippen LogP contribution >= 0.6 is 0 Å². The number of ether oxygens (including phenoxy) is 1. The van der Waals surface area contributed by atoms with Gasteiger partial charge in [-0.25, -0.2) is 4.98 Å². The highest BCUT2D eigenvalue weighted by Crippen LogP contribution is 2.20. The molecule has 108 valence electrons. The Hall–Kier alpha value is -1.39. The molecular weight excluding hydrogens is 250 g/mol. The molecule has 1 aliphatic carbocycles. The van der Waals surface area contributed by atoms with Gasteiger partial charge in [0.05, 0.1) is 6.61 Å². The molecule has 3 rings (SSSR count). The molecule has 0 atom stereocenters. The SMILES string of the molecule is COCC1=CCN(c2ccc(CNC3CC3)cn2)CC1. The van der Waals surface area contributed by atoms with E-state index in [0.29, 0.717) is 0 Å². The van der Waals surface area contributed by atoms with Gasteiger partial charge >= 0.3 is 0 Å². The molecule has 2 heterocycles. The maximum Gasteiger partial charge on any atom is 0.128 e. The van der Waals surface area contributed by atoms with Crippen LogP contribution in [0.2, 0.25) is 0 Å². The van der Waals surface area contributed by atoms with Gasteiger partial charge in [0.15, 0.2) is 0 Å². The summed E-state index contributed by atoms with van der Waals surface area (Å²) in [6.07, 6.45) is 7.99. The topological polar surface area (TPSA) is 37.4 Å². The number of nitrogens with zero attached hydrogens (tertiary/aromatic N) is 2. The molecule has 4 nitrogen and oxygen atoms in total. The van der Waals surface area contributed by atoms with Crippen LogP contribution in [0.15, 0.2) is 30.0 Å². The van der Waals surface area contributed by atoms with Gasteiger partial charge in [0, 0.05) is 39.0 Å². The smallest absolute Gasteiger partial charge is 0.128 e. The van der Waals surface area contributed by atoms with Gasteiger partial charge in [-0.3, -0.25) is 0 Å². The maximum atomic E-state index is 5.18. The van der Waals surface area contributed by atoms with Crippen molar-refractivity contribution in [2.45, 2.75) is 31.8 Å². The lowest BCUT2D eigenvalue weighted by atomic mass is 10.1. The first-order chi connectivity index (χ1) is 9.85. The molecule has 0 saturated heterocycles. The summed E-state index contributed by atoms with van der Waals surface area (Å²) in [5.74, 6) is 1.08. The lowest BCUT2D eigenvalue weighted by Gasteiger charge is -2.27. The molecule has 1 aromatic heterocycles. The van der Waals surface area contributed by atoms with E-state index in [4.69, 9.17) is 4.74 Å². The van der Waals surface area contributed by atoms with Crippen molar-refractivity contribution in [3.63, 3.8) is 0 Å². The summed E-state index contributed by atoms with van der Waals surface area (Å²) in [5, 5.41) is 3.51. The van der Waals surface area contributed by atoms with Gasteiger partial charge in [-0.1, -0.05) is 12.1 Å². The molecule has 1 aliphatic heterocycles. The van der Waals surface area contributed by atoms with Crippen LogP contribution in [0.3, 0.4) is 0 Å². The lowest BCUT2D eigenvalue weighted by Crippen LogP contribution is -2.30. The highest BCUT2D eigenvalue weighted by atomic mass is 16.5. The Bertz CT molecular complexity index is 465. The summed E-state index contributed by atoms with van der Waals surface area (Å²) in [6.45, 7) is 3.66. The Labute approximate surface area is 120 Å². The number of anilines is 1. The van der Waals surface area contributed by atoms with Crippen LogP contribution < -0.4 is 10.2 Å². The highest BCUT2D eigenvalue weighted by molar-refractivity contribution is 5.42. The van der Waals surface area contributed by atoms with Crippen molar-refractivity contribution in [2.24, 2.45) is 0 Å². The second-order valence-corrected chi connectivity index (χ2v) is 5.67. The molecule has 1 N–H and O–H groups in total. The summed E-state index contributed by atoms with van der Waals surface area (Å²) in [4.78, 5) is 6.91. The van der Waals surface area contributed by atoms with Gasteiger partial charge in [0.2, 0.25) is 0 Å². The Kier molecular flexibility index (Phi) is 4.33. The molecule has 1 saturated carbocycles. The van der Waals surface area contributed by atoms with E-state index >= 15 is 0 Å². The van der Waals surface area contributed by atoms with E-state index in [1.165, 1.54) is 24.0 Å². The standard InChI is InChI=1S/C16H23N3O/c1-20-12-13-6-8-19(9-7-13)16-5-2-14(11-18-16)10-17-15-3-4-15/h2,5-6,11,15,17H,3-4,7-10,12H2,1H3. The first-order valence-electron chi connectivity index (χ1n) is 7.45. The van der Waals surface area contributed by atoms with E-state index in [1.54, 1.807) is 7.11 Å². The third kappa shape index (κ3) is 3.58. The summed E-state index contributed by atoms with van der Waals surface area (Å²) in [7, 11) is 1.75. The van der Waals surface area contributed by atoms with Gasteiger partial charge < -0.3 is 15.0 Å². The van der Waals surface area contributed by atoms with Crippen molar-refractivity contribution >= 4 is 5.82 Å². The fraction of sp³-hybridized carbons (Fsp3) is 0.562. The fourth-order valence-corrected chi connectivity index (χ4v) is 2.49. The largest absolute Gasteiger partial charge is 0.380 e. The van der Waals surface area contributed by atoms with Crippen molar-refractivity contribution in [3.05, 3.63) is 35.5 Å². The fourth-order valence-electron chi connectivity index (χ4n) is 2.49. The first-order valence-corrected chi connectivity index (χ1v) is 7.45. The predicted octanol–water partition coefficient (Wildman–Crippen LogP) is 2.12. The molecule has 0 aromatic carbocycles. The van der Waals surface area contributed by atoms with E-state index in [0.717, 1.165) is 44.5 Å². The Morgan fingerprint density at radius 1 is 1.40 bits per heavy atom. The van der Waals surface area contributed by atoms with Crippen LogP contribution in [0.5, 0.6) is 0 Å². The second kappa shape index (κ2) is 6.37. The van der Waals surface area contributed by atoms with Crippen LogP contribution in [0.1, 0.15) is 24.8 Å². The third-order valence-electron chi connectivity index (χ3n) is 3.94. The van der Waals surface area contributed by atoms with Crippen LogP contribution in [-0.4, -0.2) is 37.8 Å². The van der Waals surface area contributed by atoms with Gasteiger partial charge in [-0.2, -0.15) is 0 Å². The number of rotatable bonds is 6. The number of pyridine rings is 1. The molecule has 0 bridgehead atoms. The van der Waals surface area contributed by atoms with Crippen molar-refractivity contribution in [1.29, 1.82) is 0 Å². The van der Waals surface area contributed by atoms with Crippen molar-refractivity contribution in [3.8, 4) is 0 Å². The van der Waals surface area contributed by atoms with Gasteiger partial charge in [-0.05, 0) is 36.5 Å². The number of methoxy groups -OCH3 is 1. The molecule has 4 heteroatoms. The number of nitrogens with one attached hydrogen (secondary N) is 1. The van der Waals surface area contributed by atoms with Gasteiger partial charge in [0.1, 0.15) is 5.82 Å². The molecule has 0 radical (unpaired) electrons. The van der Waals surface area contributed by atoms with Crippen LogP contribution in [0.25, 0.3) is 0 Å². The molecule has 20 heavy (non-hydrogen) atoms. The summed E-state index contributed by atoms with van der Waals surface area (Å²) < 4.78 is 5.18. The molecule has 1 fully saturated rings. The zero-order chi connectivity index (χ0) is 13.8. The Balaban J connectivity index is 1.54. The monoisotopic (exact) mass is 273 g/mol. The normalized spacial score (nSPS) is 19.1. The third-order valence-corrected chi connectivity index (χ3v) is 3.94. The minimum atomic E-state index is 0.751. The average molecular weight is 273 g/mol. The highest BCUT2D eigenvalue weighted by Gasteiger charge is 2.20. The first kappa shape index (κ1) is 13.6. The van der Waals surface area contributed by atoms with Gasteiger partial charge in [0.25, 0.3) is 0 Å².